The molecule has 1 aliphatic rings. The Morgan fingerprint density at radius 2 is 1.86 bits per heavy atom. The second-order valence-electron chi connectivity index (χ2n) is 8.62. The van der Waals surface area contributed by atoms with Gasteiger partial charge in [-0.15, -0.1) is 0 Å². The highest BCUT2D eigenvalue weighted by Gasteiger charge is 2.25. The summed E-state index contributed by atoms with van der Waals surface area (Å²) >= 11 is 0. The number of carbonyl (C=O) groups excluding carboxylic acids is 2. The van der Waals surface area contributed by atoms with Gasteiger partial charge in [-0.05, 0) is 56.3 Å². The summed E-state index contributed by atoms with van der Waals surface area (Å²) in [6.45, 7) is 8.06. The van der Waals surface area contributed by atoms with E-state index < -0.39 is 5.41 Å². The highest BCUT2D eigenvalue weighted by Crippen LogP contribution is 2.25. The van der Waals surface area contributed by atoms with Crippen LogP contribution in [0.4, 0.5) is 5.69 Å². The van der Waals surface area contributed by atoms with Crippen LogP contribution in [0.15, 0.2) is 47.1 Å². The van der Waals surface area contributed by atoms with Crippen molar-refractivity contribution in [3.63, 3.8) is 0 Å². The van der Waals surface area contributed by atoms with Gasteiger partial charge in [-0.1, -0.05) is 33.3 Å². The Bertz CT molecular complexity index is 818. The SMILES string of the molecule is CC(C)(C)C(=O)Nc1cccc(C(=O)NCC(c2ccco2)N2CCCCC2)c1. The van der Waals surface area contributed by atoms with Gasteiger partial charge in [0.15, 0.2) is 0 Å². The number of hydrogen-bond acceptors (Lipinski definition) is 4. The third-order valence-corrected chi connectivity index (χ3v) is 5.22. The number of hydrogen-bond donors (Lipinski definition) is 2. The van der Waals surface area contributed by atoms with Gasteiger partial charge in [-0.3, -0.25) is 14.5 Å². The van der Waals surface area contributed by atoms with Crippen LogP contribution < -0.4 is 10.6 Å². The second-order valence-corrected chi connectivity index (χ2v) is 8.62. The number of rotatable bonds is 6. The smallest absolute Gasteiger partial charge is 0.251 e. The Hall–Kier alpha value is -2.60. The topological polar surface area (TPSA) is 74.6 Å². The predicted molar refractivity (Wildman–Crippen MR) is 114 cm³/mol. The van der Waals surface area contributed by atoms with E-state index in [0.717, 1.165) is 18.8 Å². The first-order valence-electron chi connectivity index (χ1n) is 10.3. The molecule has 156 valence electrons. The average molecular weight is 398 g/mol. The number of anilines is 1. The summed E-state index contributed by atoms with van der Waals surface area (Å²) in [4.78, 5) is 27.4. The highest BCUT2D eigenvalue weighted by molar-refractivity contribution is 5.98. The summed E-state index contributed by atoms with van der Waals surface area (Å²) in [7, 11) is 0. The van der Waals surface area contributed by atoms with Gasteiger partial charge in [0.25, 0.3) is 5.91 Å². The normalized spacial score (nSPS) is 16.2. The van der Waals surface area contributed by atoms with E-state index in [1.807, 2.05) is 32.9 Å². The first-order chi connectivity index (χ1) is 13.8. The molecule has 1 fully saturated rings. The fourth-order valence-corrected chi connectivity index (χ4v) is 3.47. The third kappa shape index (κ3) is 5.70. The zero-order valence-electron chi connectivity index (χ0n) is 17.5. The summed E-state index contributed by atoms with van der Waals surface area (Å²) < 4.78 is 5.64. The van der Waals surface area contributed by atoms with Crippen molar-refractivity contribution in [1.82, 2.24) is 10.2 Å². The van der Waals surface area contributed by atoms with Crippen LogP contribution in [-0.4, -0.2) is 36.3 Å². The third-order valence-electron chi connectivity index (χ3n) is 5.22. The molecular formula is C23H31N3O3. The maximum atomic E-state index is 12.8. The molecule has 1 aromatic heterocycles. The van der Waals surface area contributed by atoms with E-state index in [1.54, 1.807) is 30.5 Å². The van der Waals surface area contributed by atoms with E-state index in [1.165, 1.54) is 19.3 Å². The number of nitrogens with zero attached hydrogens (tertiary/aromatic N) is 1. The molecule has 1 aromatic carbocycles. The minimum atomic E-state index is -0.497. The number of likely N-dealkylation sites (tertiary alicyclic amines) is 1. The number of nitrogens with one attached hydrogen (secondary N) is 2. The van der Waals surface area contributed by atoms with Gasteiger partial charge in [-0.25, -0.2) is 0 Å². The molecule has 29 heavy (non-hydrogen) atoms. The lowest BCUT2D eigenvalue weighted by Gasteiger charge is -2.33. The van der Waals surface area contributed by atoms with E-state index in [9.17, 15) is 9.59 Å². The van der Waals surface area contributed by atoms with Gasteiger partial charge < -0.3 is 15.1 Å². The van der Waals surface area contributed by atoms with Crippen LogP contribution in [-0.2, 0) is 4.79 Å². The summed E-state index contributed by atoms with van der Waals surface area (Å²) in [6.07, 6.45) is 5.26. The number of furan rings is 1. The zero-order chi connectivity index (χ0) is 20.9. The van der Waals surface area contributed by atoms with Gasteiger partial charge in [0.1, 0.15) is 5.76 Å². The number of piperidine rings is 1. The molecule has 1 unspecified atom stereocenters. The lowest BCUT2D eigenvalue weighted by atomic mass is 9.95. The van der Waals surface area contributed by atoms with E-state index in [0.29, 0.717) is 17.8 Å². The van der Waals surface area contributed by atoms with Gasteiger partial charge in [0.2, 0.25) is 5.91 Å². The number of carbonyl (C=O) groups is 2. The molecule has 2 heterocycles. The minimum absolute atomic E-state index is 0.0259. The van der Waals surface area contributed by atoms with E-state index >= 15 is 0 Å². The van der Waals surface area contributed by atoms with Crippen LogP contribution in [0.3, 0.4) is 0 Å². The van der Waals surface area contributed by atoms with E-state index in [2.05, 4.69) is 15.5 Å². The molecule has 1 aliphatic heterocycles. The van der Waals surface area contributed by atoms with Crippen LogP contribution >= 0.6 is 0 Å². The quantitative estimate of drug-likeness (QED) is 0.765. The standard InChI is InChI=1S/C23H31N3O3/c1-23(2,3)22(28)25-18-10-7-9-17(15-18)21(27)24-16-19(20-11-8-14-29-20)26-12-5-4-6-13-26/h7-11,14-15,19H,4-6,12-13,16H2,1-3H3,(H,24,27)(H,25,28). The van der Waals surface area contributed by atoms with Crippen molar-refractivity contribution in [2.45, 2.75) is 46.1 Å². The molecule has 6 heteroatoms. The van der Waals surface area contributed by atoms with Crippen LogP contribution in [0.1, 0.15) is 62.2 Å². The van der Waals surface area contributed by atoms with Crippen LogP contribution in [0.25, 0.3) is 0 Å². The van der Waals surface area contributed by atoms with Crippen LogP contribution in [0.2, 0.25) is 0 Å². The van der Waals surface area contributed by atoms with Crippen molar-refractivity contribution >= 4 is 17.5 Å². The van der Waals surface area contributed by atoms with E-state index in [4.69, 9.17) is 4.42 Å². The Morgan fingerprint density at radius 1 is 1.10 bits per heavy atom. The molecule has 2 amide bonds. The van der Waals surface area contributed by atoms with Crippen molar-refractivity contribution in [2.75, 3.05) is 25.0 Å². The molecule has 3 rings (SSSR count). The predicted octanol–water partition coefficient (Wildman–Crippen LogP) is 4.22. The largest absolute Gasteiger partial charge is 0.468 e. The maximum absolute atomic E-state index is 12.8. The fourth-order valence-electron chi connectivity index (χ4n) is 3.47. The van der Waals surface area contributed by atoms with Gasteiger partial charge in [0.05, 0.1) is 12.3 Å². The molecule has 0 aliphatic carbocycles. The molecule has 0 spiro atoms. The monoisotopic (exact) mass is 397 g/mol. The van der Waals surface area contributed by atoms with Gasteiger partial charge >= 0.3 is 0 Å². The molecule has 6 nitrogen and oxygen atoms in total. The molecule has 0 radical (unpaired) electrons. The molecule has 2 aromatic rings. The maximum Gasteiger partial charge on any atom is 0.251 e. The summed E-state index contributed by atoms with van der Waals surface area (Å²) in [5, 5.41) is 5.92. The average Bonchev–Trinajstić information content (AvgIpc) is 3.23. The second kappa shape index (κ2) is 9.27. The molecule has 1 atom stereocenters. The molecular weight excluding hydrogens is 366 g/mol. The van der Waals surface area contributed by atoms with Crippen molar-refractivity contribution in [3.8, 4) is 0 Å². The first-order valence-corrected chi connectivity index (χ1v) is 10.3. The van der Waals surface area contributed by atoms with Crippen molar-refractivity contribution in [1.29, 1.82) is 0 Å². The zero-order valence-corrected chi connectivity index (χ0v) is 17.5. The first kappa shape index (κ1) is 21.1. The molecule has 0 saturated carbocycles. The summed E-state index contributed by atoms with van der Waals surface area (Å²) in [6, 6.07) is 10.9. The minimum Gasteiger partial charge on any atom is -0.468 e. The Kier molecular flexibility index (Phi) is 6.75. The van der Waals surface area contributed by atoms with Crippen molar-refractivity contribution in [3.05, 3.63) is 54.0 Å². The Labute approximate surface area is 172 Å². The fraction of sp³-hybridized carbons (Fsp3) is 0.478. The molecule has 1 saturated heterocycles. The lowest BCUT2D eigenvalue weighted by molar-refractivity contribution is -0.123. The number of amides is 2. The Balaban J connectivity index is 1.65. The highest BCUT2D eigenvalue weighted by atomic mass is 16.3. The lowest BCUT2D eigenvalue weighted by Crippen LogP contribution is -2.40. The van der Waals surface area contributed by atoms with Crippen molar-refractivity contribution in [2.24, 2.45) is 5.41 Å². The van der Waals surface area contributed by atoms with Crippen LogP contribution in [0.5, 0.6) is 0 Å². The van der Waals surface area contributed by atoms with Gasteiger partial charge in [-0.2, -0.15) is 0 Å². The molecule has 2 N–H and O–H groups in total. The number of benzene rings is 1. The van der Waals surface area contributed by atoms with E-state index in [-0.39, 0.29) is 17.9 Å². The molecule has 0 bridgehead atoms. The van der Waals surface area contributed by atoms with Gasteiger partial charge in [0, 0.05) is 23.2 Å². The summed E-state index contributed by atoms with van der Waals surface area (Å²) in [5.41, 5.74) is 0.646. The summed E-state index contributed by atoms with van der Waals surface area (Å²) in [5.74, 6) is 0.627. The van der Waals surface area contributed by atoms with Crippen molar-refractivity contribution < 1.29 is 14.0 Å². The van der Waals surface area contributed by atoms with Crippen LogP contribution in [0, 0.1) is 5.41 Å². The Morgan fingerprint density at radius 3 is 2.52 bits per heavy atom.